The fourth-order valence-electron chi connectivity index (χ4n) is 20.2. The number of para-hydroxylation sites is 4. The first-order valence-electron chi connectivity index (χ1n) is 49.9. The van der Waals surface area contributed by atoms with Gasteiger partial charge in [-0.15, -0.1) is 0 Å². The lowest BCUT2D eigenvalue weighted by Crippen LogP contribution is -2.47. The van der Waals surface area contributed by atoms with Crippen LogP contribution >= 0.6 is 46.4 Å². The Labute approximate surface area is 891 Å². The summed E-state index contributed by atoms with van der Waals surface area (Å²) in [4.78, 5) is 149. The van der Waals surface area contributed by atoms with Crippen molar-refractivity contribution in [1.82, 2.24) is 14.5 Å². The van der Waals surface area contributed by atoms with Gasteiger partial charge in [-0.3, -0.25) is 47.9 Å². The highest BCUT2D eigenvalue weighted by atomic mass is 35.5. The van der Waals surface area contributed by atoms with Crippen LogP contribution in [0, 0.1) is 0 Å². The normalized spacial score (nSPS) is 17.2. The van der Waals surface area contributed by atoms with Gasteiger partial charge < -0.3 is 73.3 Å². The second kappa shape index (κ2) is 50.6. The summed E-state index contributed by atoms with van der Waals surface area (Å²) in [5.74, 6) is 0.890. The molecule has 12 aromatic carbocycles. The molecule has 1 saturated heterocycles. The minimum absolute atomic E-state index is 0.0150. The van der Waals surface area contributed by atoms with E-state index in [1.54, 1.807) is 184 Å². The van der Waals surface area contributed by atoms with Gasteiger partial charge in [-0.25, -0.2) is 4.98 Å². The number of halogens is 6. The van der Waals surface area contributed by atoms with E-state index in [4.69, 9.17) is 66.3 Å². The molecule has 1 fully saturated rings. The van der Waals surface area contributed by atoms with E-state index in [1.807, 2.05) is 199 Å². The number of nitrogens with zero attached hydrogens (tertiary/aromatic N) is 11. The lowest BCUT2D eigenvalue weighted by molar-refractivity contribution is -0.130. The third kappa shape index (κ3) is 26.5. The van der Waals surface area contributed by atoms with Gasteiger partial charge in [0.05, 0.1) is 50.3 Å². The molecule has 8 atom stereocenters. The first-order valence-corrected chi connectivity index (χ1v) is 51.5. The van der Waals surface area contributed by atoms with E-state index in [0.717, 1.165) is 88.0 Å². The standard InChI is InChI=1S/C33H36ClN3O4.C30H29ClN4O3.C29H30ClN3O4.C26H23ClF2N2O3/c1-23-22-31(37(24(2)38)27-15-13-26(34)14-16-27)29-8-3-4-9-30(29)36(23)33(40)25-11-17-28(18-12-25)41-21-7-10-32(39)35-19-5-6-20-35;1-21-19-29(35(22(2)36)25-11-9-24(31)10-12-25)27-5-3-4-6-28(27)34(21)30(37)23-7-13-26(14-8-23)38-18-17-33-16-15-32-20-33;1-19-18-27(33(20(2)34)23-13-11-22(30)12-14-23)25-6-3-4-7-26(25)32(19)29(36)21-9-15-24(16-10-21)37-17-5-8-28(31)35;1-16-15-24(31(17(2)32)20-11-9-19(27)10-12-20)22-5-3-4-6-23(22)30(16)25(33)18-7-13-21(14-8-18)34-26(28)29/h3-4,8-9,11-18,23,31H,5-7,10,19-22H2,1-2H3;3-16,20-21,29H,17-19H2,1-2H3;3-4,6-7,9-16,19,27H,5,8,17-18H2,1-2H3,(H2,31,35);3-14,16,24,26H,15H2,1-2H3/t23-,31+;21-,29+;19-,27+;16-,24+/m0000/s1. The summed E-state index contributed by atoms with van der Waals surface area (Å²) in [7, 11) is 0. The van der Waals surface area contributed by atoms with Gasteiger partial charge in [0, 0.05) is 178 Å². The molecule has 0 aliphatic carbocycles. The Hall–Kier alpha value is -15.2. The van der Waals surface area contributed by atoms with Gasteiger partial charge >= 0.3 is 6.61 Å². The summed E-state index contributed by atoms with van der Waals surface area (Å²) in [6.07, 6.45) is 11.8. The molecule has 150 heavy (non-hydrogen) atoms. The molecule has 5 aliphatic rings. The monoisotopic (exact) mass is 2100 g/mol. The summed E-state index contributed by atoms with van der Waals surface area (Å²) in [5, 5.41) is 2.39. The molecule has 32 heteroatoms. The number of rotatable bonds is 28. The lowest BCUT2D eigenvalue weighted by Gasteiger charge is -2.43. The van der Waals surface area contributed by atoms with Gasteiger partial charge in [-0.2, -0.15) is 8.78 Å². The maximum atomic E-state index is 13.8. The maximum Gasteiger partial charge on any atom is 0.387 e. The fourth-order valence-corrected chi connectivity index (χ4v) is 20.7. The number of nitrogens with two attached hydrogens (primary N) is 1. The lowest BCUT2D eigenvalue weighted by atomic mass is 9.89. The number of primary amides is 1. The summed E-state index contributed by atoms with van der Waals surface area (Å²) < 4.78 is 48.6. The quantitative estimate of drug-likeness (QED) is 0.0446. The van der Waals surface area contributed by atoms with Crippen molar-refractivity contribution >= 4 is 151 Å². The molecule has 1 aromatic heterocycles. The van der Waals surface area contributed by atoms with Crippen molar-refractivity contribution in [2.75, 3.05) is 72.1 Å². The highest BCUT2D eigenvalue weighted by Gasteiger charge is 2.44. The zero-order valence-electron chi connectivity index (χ0n) is 84.4. The third-order valence-electron chi connectivity index (χ3n) is 27.0. The van der Waals surface area contributed by atoms with E-state index in [1.165, 1.54) is 31.2 Å². The number of hydrogen-bond donors (Lipinski definition) is 1. The van der Waals surface area contributed by atoms with Gasteiger partial charge in [0.2, 0.25) is 35.4 Å². The molecule has 0 bridgehead atoms. The van der Waals surface area contributed by atoms with Crippen LogP contribution in [0.5, 0.6) is 23.0 Å². The molecule has 0 unspecified atom stereocenters. The fraction of sp³-hybridized carbons (Fsp3) is 0.280. The van der Waals surface area contributed by atoms with E-state index in [2.05, 4.69) is 9.72 Å². The van der Waals surface area contributed by atoms with Gasteiger partial charge in [0.1, 0.15) is 29.6 Å². The Morgan fingerprint density at radius 2 is 0.627 bits per heavy atom. The number of alkyl halides is 2. The predicted octanol–water partition coefficient (Wildman–Crippen LogP) is 24.8. The van der Waals surface area contributed by atoms with Crippen molar-refractivity contribution < 1.29 is 75.7 Å². The first-order chi connectivity index (χ1) is 72.3. The predicted molar refractivity (Wildman–Crippen MR) is 583 cm³/mol. The van der Waals surface area contributed by atoms with Crippen LogP contribution in [0.4, 0.5) is 54.3 Å². The Bertz CT molecular complexity index is 6900. The van der Waals surface area contributed by atoms with Crippen LogP contribution < -0.4 is 63.9 Å². The van der Waals surface area contributed by atoms with Crippen molar-refractivity contribution in [2.45, 2.75) is 181 Å². The number of benzene rings is 12. The number of carbonyl (C=O) groups is 10. The molecule has 776 valence electrons. The number of ether oxygens (including phenoxy) is 4. The number of amides is 10. The van der Waals surface area contributed by atoms with Gasteiger partial charge in [-0.05, 0) is 320 Å². The van der Waals surface area contributed by atoms with Crippen molar-refractivity contribution in [1.29, 1.82) is 0 Å². The average Bonchev–Trinajstić information content (AvgIpc) is 0.818. The molecular formula is C118H118Cl4F2N12O14. The first kappa shape index (κ1) is 109. The molecule has 2 N–H and O–H groups in total. The maximum absolute atomic E-state index is 13.8. The third-order valence-corrected chi connectivity index (χ3v) is 28.1. The molecule has 26 nitrogen and oxygen atoms in total. The second-order valence-corrected chi connectivity index (χ2v) is 39.1. The number of carbonyl (C=O) groups excluding carboxylic acids is 10. The highest BCUT2D eigenvalue weighted by molar-refractivity contribution is 6.32. The largest absolute Gasteiger partial charge is 0.494 e. The van der Waals surface area contributed by atoms with E-state index >= 15 is 0 Å². The van der Waals surface area contributed by atoms with E-state index < -0.39 is 6.61 Å². The van der Waals surface area contributed by atoms with E-state index in [-0.39, 0.29) is 120 Å². The van der Waals surface area contributed by atoms with Crippen LogP contribution in [0.1, 0.15) is 207 Å². The van der Waals surface area contributed by atoms with Crippen LogP contribution in [0.3, 0.4) is 0 Å². The Morgan fingerprint density at radius 1 is 0.360 bits per heavy atom. The zero-order valence-corrected chi connectivity index (χ0v) is 87.5. The number of aromatic nitrogens is 2. The van der Waals surface area contributed by atoms with E-state index in [0.29, 0.717) is 137 Å². The van der Waals surface area contributed by atoms with Gasteiger partial charge in [0.15, 0.2) is 0 Å². The molecule has 6 heterocycles. The van der Waals surface area contributed by atoms with Crippen LogP contribution in [-0.4, -0.2) is 137 Å². The van der Waals surface area contributed by atoms with Crippen LogP contribution in [0.15, 0.2) is 310 Å². The molecule has 18 rings (SSSR count). The number of fused-ring (bicyclic) bond motifs is 4. The zero-order chi connectivity index (χ0) is 107. The molecule has 0 spiro atoms. The summed E-state index contributed by atoms with van der Waals surface area (Å²) in [6.45, 7) is 15.0. The van der Waals surface area contributed by atoms with Gasteiger partial charge in [-0.1, -0.05) is 119 Å². The SMILES string of the molecule is CC(=O)N(c1ccc(Cl)cc1)[C@@H]1C[C@H](C)N(C(=O)c2ccc(OC(F)F)cc2)c2ccccc21.CC(=O)N(c1ccc(Cl)cc1)[C@@H]1C[C@H](C)N(C(=O)c2ccc(OCCCC(=O)N3CCCC3)cc2)c2ccccc21.CC(=O)N(c1ccc(Cl)cc1)[C@@H]1C[C@H](C)N(C(=O)c2ccc(OCCCC(N)=O)cc2)c2ccccc21.CC(=O)N(c1ccc(Cl)cc1)[C@@H]1C[C@H](C)N(C(=O)c2ccc(OCCn3ccnc3)cc2)c2ccccc21. The van der Waals surface area contributed by atoms with Crippen LogP contribution in [-0.2, 0) is 35.3 Å². The Kier molecular flexibility index (Phi) is 36.8. The Balaban J connectivity index is 0.000000150. The highest BCUT2D eigenvalue weighted by Crippen LogP contribution is 2.49. The average molecular weight is 2110 g/mol. The smallest absolute Gasteiger partial charge is 0.387 e. The van der Waals surface area contributed by atoms with Crippen molar-refractivity contribution in [2.24, 2.45) is 5.73 Å². The molecular weight excluding hydrogens is 1990 g/mol. The summed E-state index contributed by atoms with van der Waals surface area (Å²) in [6, 6.07) is 85.0. The van der Waals surface area contributed by atoms with Crippen molar-refractivity contribution in [3.05, 3.63) is 375 Å². The summed E-state index contributed by atoms with van der Waals surface area (Å²) in [5.41, 5.74) is 16.9. The second-order valence-electron chi connectivity index (χ2n) is 37.4. The number of anilines is 8. The van der Waals surface area contributed by atoms with Crippen molar-refractivity contribution in [3.8, 4) is 23.0 Å². The minimum atomic E-state index is -2.93. The molecule has 5 aliphatic heterocycles. The molecule has 13 aromatic rings. The van der Waals surface area contributed by atoms with Crippen molar-refractivity contribution in [3.63, 3.8) is 0 Å². The number of likely N-dealkylation sites (tertiary alicyclic amines) is 1. The van der Waals surface area contributed by atoms with Crippen LogP contribution in [0.25, 0.3) is 0 Å². The molecule has 0 radical (unpaired) electrons. The summed E-state index contributed by atoms with van der Waals surface area (Å²) >= 11 is 24.3. The van der Waals surface area contributed by atoms with Gasteiger partial charge in [0.25, 0.3) is 23.6 Å². The van der Waals surface area contributed by atoms with Crippen LogP contribution in [0.2, 0.25) is 20.1 Å². The van der Waals surface area contributed by atoms with E-state index in [9.17, 15) is 56.7 Å². The number of hydrogen-bond acceptors (Lipinski definition) is 15. The number of imidazole rings is 1. The molecule has 0 saturated carbocycles. The molecule has 10 amide bonds. The topological polar surface area (TPSA) is 281 Å². The minimum Gasteiger partial charge on any atom is -0.494 e. The Morgan fingerprint density at radius 3 is 0.887 bits per heavy atom.